The van der Waals surface area contributed by atoms with E-state index in [1.165, 1.54) is 42.7 Å². The molecule has 13 heteroatoms. The average Bonchev–Trinajstić information content (AvgIpc) is 3.27. The Morgan fingerprint density at radius 3 is 2.51 bits per heavy atom. The Bertz CT molecular complexity index is 1380. The molecule has 0 aliphatic rings. The molecular formula is C22H15ClF4N6O2. The van der Waals surface area contributed by atoms with Gasteiger partial charge in [-0.15, -0.1) is 0 Å². The van der Waals surface area contributed by atoms with E-state index in [1.54, 1.807) is 0 Å². The maximum Gasteiger partial charge on any atom is 0.449 e. The highest BCUT2D eigenvalue weighted by molar-refractivity contribution is 6.31. The third-order valence-electron chi connectivity index (χ3n) is 4.68. The molecule has 4 rings (SSSR count). The van der Waals surface area contributed by atoms with Gasteiger partial charge >= 0.3 is 6.18 Å². The topological polar surface area (TPSA) is 119 Å². The number of halogens is 5. The SMILES string of the molecule is Nc1nccnc1OCc1cc(NC(=O)c2[nH]c(C(F)(F)F)nc2-c2ccc(F)cc2)ccc1Cl. The van der Waals surface area contributed by atoms with Crippen molar-refractivity contribution in [2.24, 2.45) is 0 Å². The summed E-state index contributed by atoms with van der Waals surface area (Å²) in [5.74, 6) is -2.71. The van der Waals surface area contributed by atoms with Crippen LogP contribution in [-0.2, 0) is 12.8 Å². The zero-order chi connectivity index (χ0) is 25.2. The number of hydrogen-bond acceptors (Lipinski definition) is 6. The Kier molecular flexibility index (Phi) is 6.56. The van der Waals surface area contributed by atoms with E-state index in [0.717, 1.165) is 12.1 Å². The number of ether oxygens (including phenoxy) is 1. The summed E-state index contributed by atoms with van der Waals surface area (Å²) in [5, 5.41) is 2.81. The van der Waals surface area contributed by atoms with Gasteiger partial charge in [-0.1, -0.05) is 11.6 Å². The molecule has 180 valence electrons. The predicted molar refractivity (Wildman–Crippen MR) is 119 cm³/mol. The third kappa shape index (κ3) is 5.49. The normalized spacial score (nSPS) is 11.3. The fourth-order valence-electron chi connectivity index (χ4n) is 3.04. The maximum atomic E-state index is 13.3. The van der Waals surface area contributed by atoms with Crippen molar-refractivity contribution in [1.29, 1.82) is 0 Å². The molecule has 0 saturated heterocycles. The number of hydrogen-bond donors (Lipinski definition) is 3. The second-order valence-electron chi connectivity index (χ2n) is 7.11. The fraction of sp³-hybridized carbons (Fsp3) is 0.0909. The van der Waals surface area contributed by atoms with Crippen molar-refractivity contribution in [2.45, 2.75) is 12.8 Å². The van der Waals surface area contributed by atoms with Gasteiger partial charge in [0, 0.05) is 34.2 Å². The van der Waals surface area contributed by atoms with Gasteiger partial charge in [-0.3, -0.25) is 4.79 Å². The number of nitrogen functional groups attached to an aromatic ring is 1. The summed E-state index contributed by atoms with van der Waals surface area (Å²) >= 11 is 6.20. The van der Waals surface area contributed by atoms with E-state index >= 15 is 0 Å². The molecule has 4 N–H and O–H groups in total. The number of nitrogens with one attached hydrogen (secondary N) is 2. The molecule has 4 aromatic rings. The van der Waals surface area contributed by atoms with Crippen LogP contribution in [0.15, 0.2) is 54.9 Å². The first-order chi connectivity index (χ1) is 16.6. The highest BCUT2D eigenvalue weighted by Crippen LogP contribution is 2.32. The number of H-pyrrole nitrogens is 1. The van der Waals surface area contributed by atoms with Gasteiger partial charge in [0.25, 0.3) is 11.8 Å². The molecule has 1 amide bonds. The highest BCUT2D eigenvalue weighted by Gasteiger charge is 2.37. The van der Waals surface area contributed by atoms with Crippen molar-refractivity contribution in [2.75, 3.05) is 11.1 Å². The van der Waals surface area contributed by atoms with Crippen LogP contribution in [0.3, 0.4) is 0 Å². The summed E-state index contributed by atoms with van der Waals surface area (Å²) < 4.78 is 58.6. The van der Waals surface area contributed by atoms with E-state index in [-0.39, 0.29) is 35.2 Å². The van der Waals surface area contributed by atoms with E-state index in [2.05, 4.69) is 20.3 Å². The quantitative estimate of drug-likeness (QED) is 0.313. The number of carbonyl (C=O) groups excluding carboxylic acids is 1. The van der Waals surface area contributed by atoms with Crippen LogP contribution in [0.4, 0.5) is 29.1 Å². The van der Waals surface area contributed by atoms with E-state index in [1.807, 2.05) is 4.98 Å². The number of carbonyl (C=O) groups is 1. The molecule has 0 saturated carbocycles. The van der Waals surface area contributed by atoms with Crippen LogP contribution in [0.2, 0.25) is 5.02 Å². The molecule has 0 radical (unpaired) electrons. The molecule has 0 unspecified atom stereocenters. The molecule has 0 fully saturated rings. The first kappa shape index (κ1) is 24.0. The van der Waals surface area contributed by atoms with E-state index < -0.39 is 29.4 Å². The van der Waals surface area contributed by atoms with Crippen molar-refractivity contribution in [3.8, 4) is 17.1 Å². The average molecular weight is 507 g/mol. The standard InChI is InChI=1S/C22H15ClF4N6O2/c23-15-6-5-14(9-12(15)10-35-20-18(28)29-7-8-30-20)31-19(34)17-16(11-1-3-13(24)4-2-11)32-21(33-17)22(25,26)27/h1-9H,10H2,(H2,28,29)(H,31,34)(H,32,33). The van der Waals surface area contributed by atoms with Gasteiger partial charge in [0.05, 0.1) is 0 Å². The number of benzene rings is 2. The minimum absolute atomic E-state index is 0.0705. The number of nitrogens with two attached hydrogens (primary N) is 1. The Labute approximate surface area is 200 Å². The van der Waals surface area contributed by atoms with Crippen LogP contribution in [0.25, 0.3) is 11.3 Å². The highest BCUT2D eigenvalue weighted by atomic mass is 35.5. The van der Waals surface area contributed by atoms with Gasteiger partial charge in [0.2, 0.25) is 5.82 Å². The number of aromatic amines is 1. The largest absolute Gasteiger partial charge is 0.470 e. The number of anilines is 2. The van der Waals surface area contributed by atoms with Gasteiger partial charge in [-0.05, 0) is 42.5 Å². The van der Waals surface area contributed by atoms with Gasteiger partial charge in [0.15, 0.2) is 5.82 Å². The van der Waals surface area contributed by atoms with E-state index in [9.17, 15) is 22.4 Å². The van der Waals surface area contributed by atoms with Crippen molar-refractivity contribution < 1.29 is 27.1 Å². The Balaban J connectivity index is 1.60. The molecule has 2 aromatic heterocycles. The van der Waals surface area contributed by atoms with Crippen molar-refractivity contribution in [1.82, 2.24) is 19.9 Å². The second-order valence-corrected chi connectivity index (χ2v) is 7.52. The predicted octanol–water partition coefficient (Wildman–Crippen LogP) is 5.09. The molecule has 8 nitrogen and oxygen atoms in total. The molecule has 0 bridgehead atoms. The summed E-state index contributed by atoms with van der Waals surface area (Å²) in [4.78, 5) is 26.2. The molecule has 35 heavy (non-hydrogen) atoms. The van der Waals surface area contributed by atoms with Gasteiger partial charge in [0.1, 0.15) is 23.8 Å². The maximum absolute atomic E-state index is 13.3. The first-order valence-electron chi connectivity index (χ1n) is 9.84. The Hall–Kier alpha value is -4.19. The lowest BCUT2D eigenvalue weighted by atomic mass is 10.1. The smallest absolute Gasteiger partial charge is 0.449 e. The van der Waals surface area contributed by atoms with Crippen LogP contribution in [-0.4, -0.2) is 25.8 Å². The molecule has 2 heterocycles. The van der Waals surface area contributed by atoms with Crippen LogP contribution >= 0.6 is 11.6 Å². The Morgan fingerprint density at radius 1 is 1.11 bits per heavy atom. The molecule has 0 aliphatic heterocycles. The van der Waals surface area contributed by atoms with Crippen molar-refractivity contribution in [3.05, 3.63) is 82.8 Å². The number of nitrogens with zero attached hydrogens (tertiary/aromatic N) is 3. The zero-order valence-electron chi connectivity index (χ0n) is 17.5. The monoisotopic (exact) mass is 506 g/mol. The van der Waals surface area contributed by atoms with Gasteiger partial charge in [-0.25, -0.2) is 19.3 Å². The number of alkyl halides is 3. The zero-order valence-corrected chi connectivity index (χ0v) is 18.3. The number of imidazole rings is 1. The summed E-state index contributed by atoms with van der Waals surface area (Å²) in [5.41, 5.74) is 5.73. The number of aromatic nitrogens is 4. The minimum Gasteiger partial charge on any atom is -0.470 e. The summed E-state index contributed by atoms with van der Waals surface area (Å²) in [6.45, 7) is -0.0749. The second kappa shape index (κ2) is 9.58. The summed E-state index contributed by atoms with van der Waals surface area (Å²) in [7, 11) is 0. The molecule has 0 spiro atoms. The molecule has 0 aliphatic carbocycles. The van der Waals surface area contributed by atoms with E-state index in [4.69, 9.17) is 22.1 Å². The third-order valence-corrected chi connectivity index (χ3v) is 5.04. The summed E-state index contributed by atoms with van der Waals surface area (Å²) in [6.07, 6.45) is -2.05. The van der Waals surface area contributed by atoms with Gasteiger partial charge < -0.3 is 20.8 Å². The lowest BCUT2D eigenvalue weighted by Gasteiger charge is -2.11. The Morgan fingerprint density at radius 2 is 1.83 bits per heavy atom. The van der Waals surface area contributed by atoms with Crippen LogP contribution in [0.1, 0.15) is 21.9 Å². The summed E-state index contributed by atoms with van der Waals surface area (Å²) in [6, 6.07) is 8.95. The fourth-order valence-corrected chi connectivity index (χ4v) is 3.21. The van der Waals surface area contributed by atoms with Crippen molar-refractivity contribution in [3.63, 3.8) is 0 Å². The van der Waals surface area contributed by atoms with Crippen LogP contribution < -0.4 is 15.8 Å². The lowest BCUT2D eigenvalue weighted by molar-refractivity contribution is -0.144. The minimum atomic E-state index is -4.83. The van der Waals surface area contributed by atoms with E-state index in [0.29, 0.717) is 10.6 Å². The van der Waals surface area contributed by atoms with Crippen LogP contribution in [0.5, 0.6) is 5.88 Å². The molecule has 2 aromatic carbocycles. The van der Waals surface area contributed by atoms with Crippen LogP contribution in [0, 0.1) is 5.82 Å². The number of rotatable bonds is 6. The van der Waals surface area contributed by atoms with Gasteiger partial charge in [-0.2, -0.15) is 13.2 Å². The van der Waals surface area contributed by atoms with Crippen molar-refractivity contribution >= 4 is 29.0 Å². The molecule has 0 atom stereocenters. The number of amides is 1. The first-order valence-corrected chi connectivity index (χ1v) is 10.2. The molecular weight excluding hydrogens is 492 g/mol. The lowest BCUT2D eigenvalue weighted by Crippen LogP contribution is -2.15.